The van der Waals surface area contributed by atoms with Crippen molar-refractivity contribution in [2.75, 3.05) is 5.32 Å². The van der Waals surface area contributed by atoms with Crippen LogP contribution in [0.3, 0.4) is 0 Å². The summed E-state index contributed by atoms with van der Waals surface area (Å²) >= 11 is 0. The second kappa shape index (κ2) is 13.4. The number of carbonyl (C=O) groups excluding carboxylic acids is 2. The fourth-order valence-corrected chi connectivity index (χ4v) is 2.73. The van der Waals surface area contributed by atoms with Crippen LogP contribution in [0.4, 0.5) is 23.7 Å². The second-order valence-electron chi connectivity index (χ2n) is 7.23. The molecule has 13 nitrogen and oxygen atoms in total. The first-order chi connectivity index (χ1) is 17.1. The normalized spacial score (nSPS) is 12.1. The Kier molecular flexibility index (Phi) is 10.9. The van der Waals surface area contributed by atoms with Crippen molar-refractivity contribution in [1.29, 1.82) is 0 Å². The molecule has 0 spiro atoms. The molecule has 0 bridgehead atoms. The third-order valence-corrected chi connectivity index (χ3v) is 4.35. The van der Waals surface area contributed by atoms with E-state index in [0.29, 0.717) is 5.69 Å². The van der Waals surface area contributed by atoms with Crippen molar-refractivity contribution >= 4 is 29.6 Å². The van der Waals surface area contributed by atoms with Gasteiger partial charge < -0.3 is 31.9 Å². The monoisotopic (exact) mass is 530 g/mol. The van der Waals surface area contributed by atoms with Crippen LogP contribution in [0.5, 0.6) is 0 Å². The summed E-state index contributed by atoms with van der Waals surface area (Å²) in [5.74, 6) is -3.96. The number of aryl methyl sites for hydroxylation is 1. The van der Waals surface area contributed by atoms with Gasteiger partial charge in [0.25, 0.3) is 5.56 Å². The van der Waals surface area contributed by atoms with Gasteiger partial charge in [-0.15, -0.1) is 0 Å². The molecule has 1 heterocycles. The summed E-state index contributed by atoms with van der Waals surface area (Å²) in [7, 11) is 0. The molecular formula is C21H25F3N6O7. The van der Waals surface area contributed by atoms with Crippen LogP contribution >= 0.6 is 0 Å². The van der Waals surface area contributed by atoms with Crippen LogP contribution in [0.2, 0.25) is 0 Å². The molecule has 8 N–H and O–H groups in total. The van der Waals surface area contributed by atoms with Gasteiger partial charge in [0, 0.05) is 5.69 Å². The van der Waals surface area contributed by atoms with Crippen LogP contribution in [0.15, 0.2) is 52.4 Å². The number of carbonyl (C=O) groups is 3. The van der Waals surface area contributed by atoms with Crippen molar-refractivity contribution in [3.63, 3.8) is 0 Å². The first kappa shape index (κ1) is 30.3. The molecule has 0 saturated heterocycles. The van der Waals surface area contributed by atoms with Gasteiger partial charge in [0.2, 0.25) is 11.9 Å². The number of nitrogens with zero attached hydrogens (tertiary/aromatic N) is 2. The number of hydrogen-bond donors (Lipinski definition) is 5. The quantitative estimate of drug-likeness (QED) is 0.188. The Hall–Kier alpha value is -4.76. The Labute approximate surface area is 207 Å². The fourth-order valence-electron chi connectivity index (χ4n) is 2.73. The Morgan fingerprint density at radius 1 is 1.11 bits per heavy atom. The zero-order valence-electron chi connectivity index (χ0n) is 19.6. The molecule has 1 aromatic heterocycles. The van der Waals surface area contributed by atoms with Gasteiger partial charge in [0.1, 0.15) is 12.3 Å². The maximum absolute atomic E-state index is 12.9. The lowest BCUT2D eigenvalue weighted by molar-refractivity contribution is -0.192. The van der Waals surface area contributed by atoms with Crippen molar-refractivity contribution in [2.24, 2.45) is 22.4 Å². The number of oxime groups is 1. The van der Waals surface area contributed by atoms with E-state index in [2.05, 4.69) is 10.5 Å². The van der Waals surface area contributed by atoms with Gasteiger partial charge in [0.15, 0.2) is 12.1 Å². The van der Waals surface area contributed by atoms with Crippen molar-refractivity contribution in [2.45, 2.75) is 38.8 Å². The van der Waals surface area contributed by atoms with E-state index in [1.54, 1.807) is 19.1 Å². The van der Waals surface area contributed by atoms with Gasteiger partial charge in [-0.1, -0.05) is 30.3 Å². The summed E-state index contributed by atoms with van der Waals surface area (Å²) in [6, 6.07) is 10.8. The Balaban J connectivity index is 0.000000856. The maximum atomic E-state index is 12.9. The van der Waals surface area contributed by atoms with Crippen molar-refractivity contribution in [1.82, 2.24) is 4.57 Å². The molecule has 2 aromatic rings. The van der Waals surface area contributed by atoms with Crippen molar-refractivity contribution < 1.29 is 42.2 Å². The van der Waals surface area contributed by atoms with Crippen LogP contribution in [-0.4, -0.2) is 45.9 Å². The molecule has 2 atom stereocenters. The standard InChI is InChI=1S/C19H24N6O5.C2HF3O2/c1-11-8-9-14(23-19(28)29-10-13-6-4-3-5-7-13)17(27)25(11)15(16(20)26)12(2)30-24-18(21)22;3-2(4,5)1(6)7/h3-9,12,15H,10H2,1-2H3,(H2,20,26)(H,23,28)(H4,21,22,24);(H,6,7). The number of rotatable bonds is 8. The van der Waals surface area contributed by atoms with Gasteiger partial charge in [-0.3, -0.25) is 19.5 Å². The zero-order valence-corrected chi connectivity index (χ0v) is 19.6. The summed E-state index contributed by atoms with van der Waals surface area (Å²) in [5, 5.41) is 12.9. The number of hydrogen-bond acceptors (Lipinski definition) is 7. The molecule has 202 valence electrons. The average Bonchev–Trinajstić information content (AvgIpc) is 2.81. The topological polar surface area (TPSA) is 214 Å². The molecule has 16 heteroatoms. The fraction of sp³-hybridized carbons (Fsp3) is 0.286. The van der Waals surface area contributed by atoms with Crippen molar-refractivity contribution in [3.05, 3.63) is 64.1 Å². The summed E-state index contributed by atoms with van der Waals surface area (Å²) in [5.41, 5.74) is 16.3. The van der Waals surface area contributed by atoms with E-state index < -0.39 is 41.9 Å². The molecule has 2 unspecified atom stereocenters. The number of alkyl halides is 3. The Morgan fingerprint density at radius 3 is 2.16 bits per heavy atom. The molecule has 0 saturated carbocycles. The smallest absolute Gasteiger partial charge is 0.475 e. The number of carboxylic acid groups (broad SMARTS) is 1. The summed E-state index contributed by atoms with van der Waals surface area (Å²) in [6.07, 6.45) is -6.88. The number of aromatic nitrogens is 1. The highest BCUT2D eigenvalue weighted by molar-refractivity contribution is 5.84. The van der Waals surface area contributed by atoms with Crippen molar-refractivity contribution in [3.8, 4) is 0 Å². The summed E-state index contributed by atoms with van der Waals surface area (Å²) in [6.45, 7) is 3.10. The van der Waals surface area contributed by atoms with E-state index in [9.17, 15) is 27.6 Å². The summed E-state index contributed by atoms with van der Waals surface area (Å²) < 4.78 is 38.0. The van der Waals surface area contributed by atoms with Crippen LogP contribution < -0.4 is 28.1 Å². The van der Waals surface area contributed by atoms with E-state index in [-0.39, 0.29) is 18.3 Å². The number of anilines is 1. The maximum Gasteiger partial charge on any atom is 0.490 e. The minimum absolute atomic E-state index is 0.0278. The number of primary amides is 1. The first-order valence-electron chi connectivity index (χ1n) is 10.2. The third-order valence-electron chi connectivity index (χ3n) is 4.35. The number of amides is 2. The second-order valence-corrected chi connectivity index (χ2v) is 7.23. The predicted octanol–water partition coefficient (Wildman–Crippen LogP) is 1.16. The largest absolute Gasteiger partial charge is 0.490 e. The third kappa shape index (κ3) is 9.79. The number of ether oxygens (including phenoxy) is 1. The van der Waals surface area contributed by atoms with E-state index in [1.165, 1.54) is 19.1 Å². The van der Waals surface area contributed by atoms with E-state index in [4.69, 9.17) is 36.7 Å². The predicted molar refractivity (Wildman–Crippen MR) is 124 cm³/mol. The van der Waals surface area contributed by atoms with Gasteiger partial charge in [-0.05, 0) is 36.7 Å². The van der Waals surface area contributed by atoms with Crippen LogP contribution in [0.1, 0.15) is 24.2 Å². The van der Waals surface area contributed by atoms with Crippen LogP contribution in [0.25, 0.3) is 0 Å². The van der Waals surface area contributed by atoms with Gasteiger partial charge in [0.05, 0.1) is 0 Å². The van der Waals surface area contributed by atoms with E-state index >= 15 is 0 Å². The number of nitrogens with two attached hydrogens (primary N) is 3. The van der Waals surface area contributed by atoms with E-state index in [0.717, 1.165) is 10.1 Å². The number of carboxylic acids is 1. The van der Waals surface area contributed by atoms with Crippen LogP contribution in [-0.2, 0) is 25.8 Å². The lowest BCUT2D eigenvalue weighted by Gasteiger charge is -2.24. The number of guanidine groups is 1. The van der Waals surface area contributed by atoms with Gasteiger partial charge >= 0.3 is 18.2 Å². The number of pyridine rings is 1. The molecule has 37 heavy (non-hydrogen) atoms. The SMILES string of the molecule is Cc1ccc(NC(=O)OCc2ccccc2)c(=O)n1C(C(N)=O)C(C)ON=C(N)N.O=C(O)C(F)(F)F. The lowest BCUT2D eigenvalue weighted by Crippen LogP contribution is -2.42. The molecule has 0 radical (unpaired) electrons. The highest BCUT2D eigenvalue weighted by Crippen LogP contribution is 2.17. The highest BCUT2D eigenvalue weighted by Gasteiger charge is 2.38. The number of nitrogens with one attached hydrogen (secondary N) is 1. The molecule has 0 fully saturated rings. The van der Waals surface area contributed by atoms with Gasteiger partial charge in [-0.2, -0.15) is 13.2 Å². The molecule has 2 rings (SSSR count). The number of aliphatic carboxylic acids is 1. The zero-order chi connectivity index (χ0) is 28.3. The molecule has 0 aliphatic carbocycles. The average molecular weight is 530 g/mol. The number of halogens is 3. The van der Waals surface area contributed by atoms with Crippen LogP contribution in [0, 0.1) is 6.92 Å². The molecule has 2 amide bonds. The van der Waals surface area contributed by atoms with Gasteiger partial charge in [-0.25, -0.2) is 9.59 Å². The Morgan fingerprint density at radius 2 is 1.68 bits per heavy atom. The first-order valence-corrected chi connectivity index (χ1v) is 10.2. The Bertz CT molecular complexity index is 1180. The molecule has 0 aliphatic rings. The highest BCUT2D eigenvalue weighted by atomic mass is 19.4. The summed E-state index contributed by atoms with van der Waals surface area (Å²) in [4.78, 5) is 51.0. The molecular weight excluding hydrogens is 505 g/mol. The minimum Gasteiger partial charge on any atom is -0.475 e. The molecule has 0 aliphatic heterocycles. The number of benzene rings is 1. The minimum atomic E-state index is -5.08. The van der Waals surface area contributed by atoms with E-state index in [1.807, 2.05) is 18.2 Å². The molecule has 1 aromatic carbocycles. The lowest BCUT2D eigenvalue weighted by atomic mass is 10.1.